The summed E-state index contributed by atoms with van der Waals surface area (Å²) >= 11 is 5.77. The molecule has 0 spiro atoms. The molecule has 2 aromatic rings. The third-order valence-corrected chi connectivity index (χ3v) is 3.37. The van der Waals surface area contributed by atoms with Crippen LogP contribution in [0, 0.1) is 0 Å². The SMILES string of the molecule is CCn1c(-c2cccc(OC)c2)ccc(CCl)c1=O. The molecule has 3 nitrogen and oxygen atoms in total. The molecule has 2 rings (SSSR count). The fourth-order valence-corrected chi connectivity index (χ4v) is 2.28. The highest BCUT2D eigenvalue weighted by Gasteiger charge is 2.09. The number of ether oxygens (including phenoxy) is 1. The van der Waals surface area contributed by atoms with Gasteiger partial charge >= 0.3 is 0 Å². The summed E-state index contributed by atoms with van der Waals surface area (Å²) in [5.41, 5.74) is 2.42. The number of hydrogen-bond donors (Lipinski definition) is 0. The number of alkyl halides is 1. The lowest BCUT2D eigenvalue weighted by molar-refractivity contribution is 0.415. The number of benzene rings is 1. The van der Waals surface area contributed by atoms with Crippen molar-refractivity contribution < 1.29 is 4.74 Å². The number of methoxy groups -OCH3 is 1. The van der Waals surface area contributed by atoms with Gasteiger partial charge < -0.3 is 9.30 Å². The fourth-order valence-electron chi connectivity index (χ4n) is 2.07. The minimum atomic E-state index is -0.0298. The summed E-state index contributed by atoms with van der Waals surface area (Å²) in [7, 11) is 1.63. The van der Waals surface area contributed by atoms with Gasteiger partial charge in [-0.1, -0.05) is 18.2 Å². The van der Waals surface area contributed by atoms with Gasteiger partial charge in [-0.3, -0.25) is 4.79 Å². The fraction of sp³-hybridized carbons (Fsp3) is 0.267. The number of hydrogen-bond acceptors (Lipinski definition) is 2. The molecule has 0 aliphatic rings. The van der Waals surface area contributed by atoms with Crippen LogP contribution in [-0.4, -0.2) is 11.7 Å². The molecular formula is C15H16ClNO2. The Morgan fingerprint density at radius 1 is 1.26 bits per heavy atom. The van der Waals surface area contributed by atoms with Crippen molar-refractivity contribution in [2.45, 2.75) is 19.3 Å². The van der Waals surface area contributed by atoms with Crippen LogP contribution in [0.5, 0.6) is 5.75 Å². The topological polar surface area (TPSA) is 31.2 Å². The van der Waals surface area contributed by atoms with E-state index in [4.69, 9.17) is 16.3 Å². The molecule has 0 aliphatic carbocycles. The second-order valence-electron chi connectivity index (χ2n) is 4.16. The summed E-state index contributed by atoms with van der Waals surface area (Å²) in [6.07, 6.45) is 0. The maximum Gasteiger partial charge on any atom is 0.255 e. The van der Waals surface area contributed by atoms with Crippen molar-refractivity contribution in [2.24, 2.45) is 0 Å². The van der Waals surface area contributed by atoms with Gasteiger partial charge in [0.05, 0.1) is 18.7 Å². The first-order chi connectivity index (χ1) is 9.21. The molecule has 0 N–H and O–H groups in total. The molecule has 1 aromatic heterocycles. The van der Waals surface area contributed by atoms with Gasteiger partial charge in [0.15, 0.2) is 0 Å². The monoisotopic (exact) mass is 277 g/mol. The molecule has 1 heterocycles. The average Bonchev–Trinajstić information content (AvgIpc) is 2.47. The van der Waals surface area contributed by atoms with E-state index in [-0.39, 0.29) is 11.4 Å². The summed E-state index contributed by atoms with van der Waals surface area (Å²) in [4.78, 5) is 12.2. The largest absolute Gasteiger partial charge is 0.497 e. The zero-order valence-electron chi connectivity index (χ0n) is 11.0. The van der Waals surface area contributed by atoms with Gasteiger partial charge in [-0.05, 0) is 25.1 Å². The maximum atomic E-state index is 12.2. The third-order valence-electron chi connectivity index (χ3n) is 3.08. The van der Waals surface area contributed by atoms with E-state index in [1.807, 2.05) is 37.3 Å². The molecule has 0 amide bonds. The summed E-state index contributed by atoms with van der Waals surface area (Å²) in [5.74, 6) is 1.01. The number of aromatic nitrogens is 1. The molecule has 0 saturated carbocycles. The highest BCUT2D eigenvalue weighted by molar-refractivity contribution is 6.17. The van der Waals surface area contributed by atoms with Crippen LogP contribution in [0.3, 0.4) is 0 Å². The summed E-state index contributed by atoms with van der Waals surface area (Å²) in [6, 6.07) is 11.4. The standard InChI is InChI=1S/C15H16ClNO2/c1-3-17-14(8-7-12(10-16)15(17)18)11-5-4-6-13(9-11)19-2/h4-9H,3,10H2,1-2H3. The molecule has 0 aliphatic heterocycles. The van der Waals surface area contributed by atoms with Crippen molar-refractivity contribution in [1.82, 2.24) is 4.57 Å². The molecule has 0 atom stereocenters. The first-order valence-electron chi connectivity index (χ1n) is 6.14. The van der Waals surface area contributed by atoms with Gasteiger partial charge in [0, 0.05) is 17.7 Å². The van der Waals surface area contributed by atoms with Crippen molar-refractivity contribution in [3.05, 3.63) is 52.3 Å². The van der Waals surface area contributed by atoms with Gasteiger partial charge in [0.2, 0.25) is 0 Å². The van der Waals surface area contributed by atoms with Crippen LogP contribution in [0.1, 0.15) is 12.5 Å². The number of halogens is 1. The Labute approximate surface area is 117 Å². The van der Waals surface area contributed by atoms with Crippen LogP contribution in [-0.2, 0) is 12.4 Å². The molecule has 4 heteroatoms. The molecule has 100 valence electrons. The van der Waals surface area contributed by atoms with Crippen LogP contribution >= 0.6 is 11.6 Å². The van der Waals surface area contributed by atoms with Crippen molar-refractivity contribution in [2.75, 3.05) is 7.11 Å². The Kier molecular flexibility index (Phi) is 4.27. The van der Waals surface area contributed by atoms with Crippen molar-refractivity contribution in [3.8, 4) is 17.0 Å². The lowest BCUT2D eigenvalue weighted by atomic mass is 10.1. The zero-order valence-corrected chi connectivity index (χ0v) is 11.8. The Balaban J connectivity index is 2.61. The Morgan fingerprint density at radius 3 is 2.68 bits per heavy atom. The molecule has 0 radical (unpaired) electrons. The van der Waals surface area contributed by atoms with Crippen molar-refractivity contribution in [3.63, 3.8) is 0 Å². The molecule has 0 fully saturated rings. The second kappa shape index (κ2) is 5.93. The normalized spacial score (nSPS) is 10.5. The van der Waals surface area contributed by atoms with E-state index >= 15 is 0 Å². The summed E-state index contributed by atoms with van der Waals surface area (Å²) < 4.78 is 6.95. The van der Waals surface area contributed by atoms with Gasteiger partial charge in [0.1, 0.15) is 5.75 Å². The van der Waals surface area contributed by atoms with Crippen molar-refractivity contribution >= 4 is 11.6 Å². The molecule has 19 heavy (non-hydrogen) atoms. The second-order valence-corrected chi connectivity index (χ2v) is 4.43. The Bertz CT molecular complexity index is 634. The molecule has 0 unspecified atom stereocenters. The number of nitrogens with zero attached hydrogens (tertiary/aromatic N) is 1. The first kappa shape index (κ1) is 13.7. The molecule has 0 saturated heterocycles. The molecule has 1 aromatic carbocycles. The van der Waals surface area contributed by atoms with Gasteiger partial charge in [-0.15, -0.1) is 11.6 Å². The van der Waals surface area contributed by atoms with Gasteiger partial charge in [0.25, 0.3) is 5.56 Å². The van der Waals surface area contributed by atoms with E-state index in [1.54, 1.807) is 17.7 Å². The van der Waals surface area contributed by atoms with E-state index in [1.165, 1.54) is 0 Å². The third kappa shape index (κ3) is 2.66. The highest BCUT2D eigenvalue weighted by atomic mass is 35.5. The Morgan fingerprint density at radius 2 is 2.05 bits per heavy atom. The number of pyridine rings is 1. The van der Waals surface area contributed by atoms with E-state index in [0.717, 1.165) is 17.0 Å². The number of rotatable bonds is 4. The van der Waals surface area contributed by atoms with E-state index in [2.05, 4.69) is 0 Å². The molecule has 0 bridgehead atoms. The lowest BCUT2D eigenvalue weighted by Gasteiger charge is -2.13. The van der Waals surface area contributed by atoms with Crippen molar-refractivity contribution in [1.29, 1.82) is 0 Å². The van der Waals surface area contributed by atoms with Crippen LogP contribution < -0.4 is 10.3 Å². The first-order valence-corrected chi connectivity index (χ1v) is 6.67. The predicted octanol–water partition coefficient (Wildman–Crippen LogP) is 3.28. The zero-order chi connectivity index (χ0) is 13.8. The van der Waals surface area contributed by atoms with Crippen LogP contribution in [0.15, 0.2) is 41.2 Å². The van der Waals surface area contributed by atoms with Crippen LogP contribution in [0.2, 0.25) is 0 Å². The van der Waals surface area contributed by atoms with Crippen LogP contribution in [0.4, 0.5) is 0 Å². The van der Waals surface area contributed by atoms with Crippen LogP contribution in [0.25, 0.3) is 11.3 Å². The average molecular weight is 278 g/mol. The van der Waals surface area contributed by atoms with E-state index in [9.17, 15) is 4.79 Å². The summed E-state index contributed by atoms with van der Waals surface area (Å²) in [6.45, 7) is 2.55. The maximum absolute atomic E-state index is 12.2. The van der Waals surface area contributed by atoms with Gasteiger partial charge in [-0.2, -0.15) is 0 Å². The molecular weight excluding hydrogens is 262 g/mol. The predicted molar refractivity (Wildman–Crippen MR) is 77.9 cm³/mol. The summed E-state index contributed by atoms with van der Waals surface area (Å²) in [5, 5.41) is 0. The smallest absolute Gasteiger partial charge is 0.255 e. The Hall–Kier alpha value is -1.74. The van der Waals surface area contributed by atoms with Gasteiger partial charge in [-0.25, -0.2) is 0 Å². The minimum Gasteiger partial charge on any atom is -0.497 e. The van der Waals surface area contributed by atoms with E-state index < -0.39 is 0 Å². The lowest BCUT2D eigenvalue weighted by Crippen LogP contribution is -2.23. The quantitative estimate of drug-likeness (QED) is 0.803. The van der Waals surface area contributed by atoms with E-state index in [0.29, 0.717) is 12.1 Å². The highest BCUT2D eigenvalue weighted by Crippen LogP contribution is 2.23. The minimum absolute atomic E-state index is 0.0298.